The van der Waals surface area contributed by atoms with Crippen LogP contribution in [0.4, 0.5) is 5.82 Å². The van der Waals surface area contributed by atoms with Crippen molar-refractivity contribution in [3.63, 3.8) is 0 Å². The van der Waals surface area contributed by atoms with Gasteiger partial charge in [0.2, 0.25) is 0 Å². The van der Waals surface area contributed by atoms with Crippen LogP contribution < -0.4 is 10.1 Å². The van der Waals surface area contributed by atoms with Gasteiger partial charge in [-0.3, -0.25) is 9.69 Å². The fourth-order valence-electron chi connectivity index (χ4n) is 4.84. The second kappa shape index (κ2) is 9.77. The van der Waals surface area contributed by atoms with E-state index in [0.717, 1.165) is 62.6 Å². The lowest BCUT2D eigenvalue weighted by atomic mass is 10.0. The minimum Gasteiger partial charge on any atom is -0.493 e. The Labute approximate surface area is 194 Å². The molecule has 7 heteroatoms. The lowest BCUT2D eigenvalue weighted by Gasteiger charge is -2.33. The zero-order valence-electron chi connectivity index (χ0n) is 18.9. The van der Waals surface area contributed by atoms with E-state index in [4.69, 9.17) is 9.47 Å². The highest BCUT2D eigenvalue weighted by atomic mass is 16.5. The molecular formula is C26H30N4O3. The first-order chi connectivity index (χ1) is 16.2. The number of nitrogens with zero attached hydrogens (tertiary/aromatic N) is 3. The molecular weight excluding hydrogens is 416 g/mol. The summed E-state index contributed by atoms with van der Waals surface area (Å²) in [5.41, 5.74) is 3.50. The number of nitrogens with one attached hydrogen (secondary N) is 1. The highest BCUT2D eigenvalue weighted by Crippen LogP contribution is 2.29. The van der Waals surface area contributed by atoms with E-state index in [1.54, 1.807) is 13.3 Å². The van der Waals surface area contributed by atoms with Gasteiger partial charge in [-0.05, 0) is 35.6 Å². The third-order valence-corrected chi connectivity index (χ3v) is 6.56. The second-order valence-corrected chi connectivity index (χ2v) is 8.72. The fourth-order valence-corrected chi connectivity index (χ4v) is 4.84. The molecule has 1 saturated heterocycles. The van der Waals surface area contributed by atoms with Crippen LogP contribution in [-0.2, 0) is 22.5 Å². The van der Waals surface area contributed by atoms with Crippen molar-refractivity contribution in [3.05, 3.63) is 77.5 Å². The van der Waals surface area contributed by atoms with Gasteiger partial charge in [-0.1, -0.05) is 42.5 Å². The van der Waals surface area contributed by atoms with Gasteiger partial charge in [-0.25, -0.2) is 4.68 Å². The maximum Gasteiger partial charge on any atom is 0.259 e. The summed E-state index contributed by atoms with van der Waals surface area (Å²) in [6, 6.07) is 18.2. The van der Waals surface area contributed by atoms with Gasteiger partial charge in [0.05, 0.1) is 18.8 Å². The van der Waals surface area contributed by atoms with Crippen molar-refractivity contribution in [2.75, 3.05) is 32.1 Å². The number of hydrogen-bond acceptors (Lipinski definition) is 5. The SMILES string of the molecule is CO[C@H](C(=O)Nc1ccnn1C1CCN(Cc2ccc3c(c2)CCO3)CC1)c1ccccc1. The Morgan fingerprint density at radius 1 is 1.18 bits per heavy atom. The summed E-state index contributed by atoms with van der Waals surface area (Å²) in [5.74, 6) is 1.56. The zero-order chi connectivity index (χ0) is 22.6. The Kier molecular flexibility index (Phi) is 6.41. The number of piperidine rings is 1. The van der Waals surface area contributed by atoms with Gasteiger partial charge >= 0.3 is 0 Å². The summed E-state index contributed by atoms with van der Waals surface area (Å²) in [4.78, 5) is 15.4. The summed E-state index contributed by atoms with van der Waals surface area (Å²) in [5, 5.41) is 7.55. The molecule has 5 rings (SSSR count). The smallest absolute Gasteiger partial charge is 0.259 e. The molecule has 2 aliphatic heterocycles. The van der Waals surface area contributed by atoms with Crippen LogP contribution in [-0.4, -0.2) is 47.4 Å². The number of likely N-dealkylation sites (tertiary alicyclic amines) is 1. The van der Waals surface area contributed by atoms with Gasteiger partial charge in [0.1, 0.15) is 11.6 Å². The molecule has 2 aliphatic rings. The number of amides is 1. The van der Waals surface area contributed by atoms with Crippen LogP contribution in [0, 0.1) is 0 Å². The number of carbonyl (C=O) groups excluding carboxylic acids is 1. The third kappa shape index (κ3) is 4.79. The standard InChI is InChI=1S/C26H30N4O3/c1-32-25(20-5-3-2-4-6-20)26(31)28-24-9-13-27-30(24)22-10-14-29(15-11-22)18-19-7-8-23-21(17-19)12-16-33-23/h2-9,13,17,22,25H,10-12,14-16,18H2,1H3,(H,28,31)/t25-/m0/s1. The predicted molar refractivity (Wildman–Crippen MR) is 126 cm³/mol. The average molecular weight is 447 g/mol. The molecule has 2 aromatic carbocycles. The Hall–Kier alpha value is -3.16. The average Bonchev–Trinajstić information content (AvgIpc) is 3.50. The van der Waals surface area contributed by atoms with Crippen molar-refractivity contribution in [2.24, 2.45) is 0 Å². The van der Waals surface area contributed by atoms with Crippen LogP contribution in [0.15, 0.2) is 60.8 Å². The third-order valence-electron chi connectivity index (χ3n) is 6.56. The largest absolute Gasteiger partial charge is 0.493 e. The van der Waals surface area contributed by atoms with Crippen LogP contribution in [0.3, 0.4) is 0 Å². The molecule has 33 heavy (non-hydrogen) atoms. The van der Waals surface area contributed by atoms with Crippen molar-refractivity contribution in [3.8, 4) is 5.75 Å². The van der Waals surface area contributed by atoms with Crippen molar-refractivity contribution in [2.45, 2.75) is 38.0 Å². The molecule has 0 unspecified atom stereocenters. The molecule has 0 bridgehead atoms. The first kappa shape index (κ1) is 21.7. The van der Waals surface area contributed by atoms with E-state index in [1.807, 2.05) is 41.1 Å². The number of benzene rings is 2. The number of anilines is 1. The number of hydrogen-bond donors (Lipinski definition) is 1. The van der Waals surface area contributed by atoms with Crippen molar-refractivity contribution < 1.29 is 14.3 Å². The van der Waals surface area contributed by atoms with E-state index in [0.29, 0.717) is 0 Å². The van der Waals surface area contributed by atoms with E-state index in [-0.39, 0.29) is 11.9 Å². The minimum atomic E-state index is -0.658. The summed E-state index contributed by atoms with van der Waals surface area (Å²) in [6.07, 6.45) is 4.08. The summed E-state index contributed by atoms with van der Waals surface area (Å²) in [6.45, 7) is 3.74. The van der Waals surface area contributed by atoms with Gasteiger partial charge < -0.3 is 14.8 Å². The molecule has 7 nitrogen and oxygen atoms in total. The van der Waals surface area contributed by atoms with Gasteiger partial charge in [0, 0.05) is 39.2 Å². The van der Waals surface area contributed by atoms with Crippen LogP contribution in [0.1, 0.15) is 41.7 Å². The van der Waals surface area contributed by atoms with Gasteiger partial charge in [0.25, 0.3) is 5.91 Å². The lowest BCUT2D eigenvalue weighted by Crippen LogP contribution is -2.35. The summed E-state index contributed by atoms with van der Waals surface area (Å²) in [7, 11) is 1.55. The number of fused-ring (bicyclic) bond motifs is 1. The lowest BCUT2D eigenvalue weighted by molar-refractivity contribution is -0.126. The van der Waals surface area contributed by atoms with E-state index in [2.05, 4.69) is 33.5 Å². The zero-order valence-corrected chi connectivity index (χ0v) is 18.9. The molecule has 0 spiro atoms. The van der Waals surface area contributed by atoms with Crippen LogP contribution >= 0.6 is 0 Å². The molecule has 1 atom stereocenters. The minimum absolute atomic E-state index is 0.191. The molecule has 1 amide bonds. The Bertz CT molecular complexity index is 1090. The molecule has 1 fully saturated rings. The first-order valence-corrected chi connectivity index (χ1v) is 11.6. The van der Waals surface area contributed by atoms with Gasteiger partial charge in [0.15, 0.2) is 6.10 Å². The van der Waals surface area contributed by atoms with Crippen LogP contribution in [0.2, 0.25) is 0 Å². The summed E-state index contributed by atoms with van der Waals surface area (Å²) >= 11 is 0. The molecule has 1 N–H and O–H groups in total. The van der Waals surface area contributed by atoms with Crippen molar-refractivity contribution >= 4 is 11.7 Å². The van der Waals surface area contributed by atoms with E-state index in [1.165, 1.54) is 11.1 Å². The number of carbonyl (C=O) groups is 1. The molecule has 1 aromatic heterocycles. The highest BCUT2D eigenvalue weighted by molar-refractivity contribution is 5.94. The molecule has 3 aromatic rings. The first-order valence-electron chi connectivity index (χ1n) is 11.6. The van der Waals surface area contributed by atoms with E-state index in [9.17, 15) is 4.79 Å². The van der Waals surface area contributed by atoms with Gasteiger partial charge in [-0.15, -0.1) is 0 Å². The normalized spacial score (nSPS) is 17.4. The molecule has 0 aliphatic carbocycles. The quantitative estimate of drug-likeness (QED) is 0.595. The molecule has 0 saturated carbocycles. The number of rotatable bonds is 7. The number of aromatic nitrogens is 2. The van der Waals surface area contributed by atoms with E-state index < -0.39 is 6.10 Å². The fraction of sp³-hybridized carbons (Fsp3) is 0.385. The van der Waals surface area contributed by atoms with Crippen LogP contribution in [0.5, 0.6) is 5.75 Å². The molecule has 3 heterocycles. The Balaban J connectivity index is 1.19. The monoisotopic (exact) mass is 446 g/mol. The van der Waals surface area contributed by atoms with Crippen molar-refractivity contribution in [1.29, 1.82) is 0 Å². The van der Waals surface area contributed by atoms with Gasteiger partial charge in [-0.2, -0.15) is 5.10 Å². The second-order valence-electron chi connectivity index (χ2n) is 8.72. The Morgan fingerprint density at radius 3 is 2.79 bits per heavy atom. The van der Waals surface area contributed by atoms with Crippen molar-refractivity contribution in [1.82, 2.24) is 14.7 Å². The highest BCUT2D eigenvalue weighted by Gasteiger charge is 2.26. The predicted octanol–water partition coefficient (Wildman–Crippen LogP) is 3.98. The number of methoxy groups -OCH3 is 1. The maximum atomic E-state index is 12.9. The maximum absolute atomic E-state index is 12.9. The number of ether oxygens (including phenoxy) is 2. The molecule has 0 radical (unpaired) electrons. The van der Waals surface area contributed by atoms with E-state index >= 15 is 0 Å². The Morgan fingerprint density at radius 2 is 2.00 bits per heavy atom. The van der Waals surface area contributed by atoms with Crippen LogP contribution in [0.25, 0.3) is 0 Å². The topological polar surface area (TPSA) is 68.6 Å². The summed E-state index contributed by atoms with van der Waals surface area (Å²) < 4.78 is 13.1. The molecule has 172 valence electrons.